The normalized spacial score (nSPS) is 18.1. The van der Waals surface area contributed by atoms with E-state index in [1.54, 1.807) is 12.4 Å². The molecule has 0 bridgehead atoms. The van der Waals surface area contributed by atoms with E-state index in [1.807, 2.05) is 10.8 Å². The molecule has 0 aliphatic carbocycles. The summed E-state index contributed by atoms with van der Waals surface area (Å²) in [7, 11) is 0. The predicted octanol–water partition coefficient (Wildman–Crippen LogP) is 3.31. The molecule has 0 unspecified atom stereocenters. The number of halogens is 2. The number of rotatable bonds is 2. The molecule has 3 rings (SSSR count). The van der Waals surface area contributed by atoms with Crippen molar-refractivity contribution in [2.75, 3.05) is 13.1 Å². The molecule has 1 aromatic heterocycles. The average Bonchev–Trinajstić information content (AvgIpc) is 2.88. The molecule has 0 atom stereocenters. The highest BCUT2D eigenvalue weighted by Crippen LogP contribution is 2.34. The summed E-state index contributed by atoms with van der Waals surface area (Å²) < 4.78 is 15.5. The lowest BCUT2D eigenvalue weighted by Crippen LogP contribution is -2.38. The third kappa shape index (κ3) is 2.45. The lowest BCUT2D eigenvalue weighted by atomic mass is 9.78. The molecule has 1 fully saturated rings. The Morgan fingerprint density at radius 2 is 2.05 bits per heavy atom. The van der Waals surface area contributed by atoms with Gasteiger partial charge in [-0.25, -0.2) is 9.37 Å². The number of hydrogen-bond donors (Lipinski definition) is 1. The Balaban J connectivity index is 2.05. The second-order valence-electron chi connectivity index (χ2n) is 5.59. The van der Waals surface area contributed by atoms with Crippen molar-refractivity contribution in [2.45, 2.75) is 25.2 Å². The number of piperidine rings is 1. The van der Waals surface area contributed by atoms with Gasteiger partial charge >= 0.3 is 0 Å². The minimum absolute atomic E-state index is 0.0561. The Hall–Kier alpha value is -1.39. The zero-order valence-electron chi connectivity index (χ0n) is 11.4. The van der Waals surface area contributed by atoms with Crippen molar-refractivity contribution in [3.05, 3.63) is 47.3 Å². The SMILES string of the molecule is CC1(c2cncn2-c2cc(F)cc(Cl)c2)CCNCC1. The maximum Gasteiger partial charge on any atom is 0.126 e. The van der Waals surface area contributed by atoms with Crippen LogP contribution in [0.5, 0.6) is 0 Å². The fraction of sp³-hybridized carbons (Fsp3) is 0.400. The van der Waals surface area contributed by atoms with E-state index in [0.717, 1.165) is 37.3 Å². The molecule has 2 aromatic rings. The smallest absolute Gasteiger partial charge is 0.126 e. The second-order valence-corrected chi connectivity index (χ2v) is 6.02. The summed E-state index contributed by atoms with van der Waals surface area (Å²) in [5.74, 6) is -0.331. The maximum atomic E-state index is 13.6. The van der Waals surface area contributed by atoms with Gasteiger partial charge < -0.3 is 9.88 Å². The fourth-order valence-corrected chi connectivity index (χ4v) is 3.08. The molecule has 0 saturated carbocycles. The summed E-state index contributed by atoms with van der Waals surface area (Å²) in [4.78, 5) is 4.26. The fourth-order valence-electron chi connectivity index (χ4n) is 2.86. The first-order chi connectivity index (χ1) is 9.58. The van der Waals surface area contributed by atoms with E-state index < -0.39 is 0 Å². The van der Waals surface area contributed by atoms with E-state index in [-0.39, 0.29) is 11.2 Å². The molecule has 1 aromatic carbocycles. The Kier molecular flexibility index (Phi) is 3.52. The van der Waals surface area contributed by atoms with Crippen LogP contribution in [0, 0.1) is 5.82 Å². The molecule has 2 heterocycles. The minimum atomic E-state index is -0.331. The van der Waals surface area contributed by atoms with E-state index in [4.69, 9.17) is 11.6 Å². The van der Waals surface area contributed by atoms with Crippen LogP contribution >= 0.6 is 11.6 Å². The molecule has 0 spiro atoms. The van der Waals surface area contributed by atoms with Gasteiger partial charge in [0.2, 0.25) is 0 Å². The van der Waals surface area contributed by atoms with Crippen molar-refractivity contribution in [3.63, 3.8) is 0 Å². The summed E-state index contributed by atoms with van der Waals surface area (Å²) in [6, 6.07) is 4.57. The lowest BCUT2D eigenvalue weighted by Gasteiger charge is -2.34. The summed E-state index contributed by atoms with van der Waals surface area (Å²) in [5, 5.41) is 3.77. The van der Waals surface area contributed by atoms with E-state index in [2.05, 4.69) is 17.2 Å². The van der Waals surface area contributed by atoms with Crippen LogP contribution < -0.4 is 5.32 Å². The Bertz CT molecular complexity index is 597. The quantitative estimate of drug-likeness (QED) is 0.921. The van der Waals surface area contributed by atoms with Gasteiger partial charge in [-0.3, -0.25) is 0 Å². The van der Waals surface area contributed by atoms with Gasteiger partial charge in [-0.1, -0.05) is 18.5 Å². The number of nitrogens with zero attached hydrogens (tertiary/aromatic N) is 2. The highest BCUT2D eigenvalue weighted by Gasteiger charge is 2.32. The van der Waals surface area contributed by atoms with Crippen molar-refractivity contribution in [1.29, 1.82) is 0 Å². The van der Waals surface area contributed by atoms with E-state index in [9.17, 15) is 4.39 Å². The van der Waals surface area contributed by atoms with Crippen molar-refractivity contribution < 1.29 is 4.39 Å². The molecule has 106 valence electrons. The van der Waals surface area contributed by atoms with Crippen LogP contribution in [0.15, 0.2) is 30.7 Å². The topological polar surface area (TPSA) is 29.9 Å². The molecule has 3 nitrogen and oxygen atoms in total. The number of benzene rings is 1. The van der Waals surface area contributed by atoms with Crippen LogP contribution in [0.2, 0.25) is 5.02 Å². The van der Waals surface area contributed by atoms with Crippen LogP contribution in [0.3, 0.4) is 0 Å². The number of hydrogen-bond acceptors (Lipinski definition) is 2. The van der Waals surface area contributed by atoms with E-state index >= 15 is 0 Å². The van der Waals surface area contributed by atoms with Gasteiger partial charge in [-0.15, -0.1) is 0 Å². The van der Waals surface area contributed by atoms with Crippen LogP contribution in [0.25, 0.3) is 5.69 Å². The van der Waals surface area contributed by atoms with Gasteiger partial charge in [0.1, 0.15) is 5.82 Å². The third-order valence-electron chi connectivity index (χ3n) is 4.09. The van der Waals surface area contributed by atoms with Crippen LogP contribution in [0.4, 0.5) is 4.39 Å². The van der Waals surface area contributed by atoms with Crippen molar-refractivity contribution in [3.8, 4) is 5.69 Å². The van der Waals surface area contributed by atoms with Gasteiger partial charge in [0.15, 0.2) is 0 Å². The summed E-state index contributed by atoms with van der Waals surface area (Å²) in [6.45, 7) is 4.22. The maximum absolute atomic E-state index is 13.6. The Labute approximate surface area is 122 Å². The standard InChI is InChI=1S/C15H17ClFN3/c1-15(2-4-18-5-3-15)14-9-19-10-20(14)13-7-11(16)6-12(17)8-13/h6-10,18H,2-5H2,1H3. The second kappa shape index (κ2) is 5.19. The summed E-state index contributed by atoms with van der Waals surface area (Å²) in [6.07, 6.45) is 5.70. The first-order valence-electron chi connectivity index (χ1n) is 6.78. The zero-order chi connectivity index (χ0) is 14.2. The van der Waals surface area contributed by atoms with Crippen molar-refractivity contribution >= 4 is 11.6 Å². The minimum Gasteiger partial charge on any atom is -0.317 e. The van der Waals surface area contributed by atoms with Gasteiger partial charge in [0.05, 0.1) is 12.0 Å². The van der Waals surface area contributed by atoms with Gasteiger partial charge in [-0.2, -0.15) is 0 Å². The number of aromatic nitrogens is 2. The molecule has 0 radical (unpaired) electrons. The summed E-state index contributed by atoms with van der Waals surface area (Å²) >= 11 is 5.96. The molecule has 20 heavy (non-hydrogen) atoms. The predicted molar refractivity (Wildman–Crippen MR) is 78.0 cm³/mol. The van der Waals surface area contributed by atoms with Gasteiger partial charge in [0.25, 0.3) is 0 Å². The summed E-state index contributed by atoms with van der Waals surface area (Å²) in [5.41, 5.74) is 1.89. The first-order valence-corrected chi connectivity index (χ1v) is 7.16. The first kappa shape index (κ1) is 13.6. The van der Waals surface area contributed by atoms with Crippen LogP contribution in [-0.2, 0) is 5.41 Å². The Morgan fingerprint density at radius 1 is 1.30 bits per heavy atom. The monoisotopic (exact) mass is 293 g/mol. The zero-order valence-corrected chi connectivity index (χ0v) is 12.1. The van der Waals surface area contributed by atoms with Gasteiger partial charge in [-0.05, 0) is 44.1 Å². The number of imidazole rings is 1. The lowest BCUT2D eigenvalue weighted by molar-refractivity contribution is 0.324. The third-order valence-corrected chi connectivity index (χ3v) is 4.31. The molecule has 1 aliphatic rings. The molecular weight excluding hydrogens is 277 g/mol. The highest BCUT2D eigenvalue weighted by molar-refractivity contribution is 6.30. The molecule has 1 aliphatic heterocycles. The molecule has 1 saturated heterocycles. The van der Waals surface area contributed by atoms with Crippen molar-refractivity contribution in [2.24, 2.45) is 0 Å². The van der Waals surface area contributed by atoms with Gasteiger partial charge in [0, 0.05) is 22.3 Å². The van der Waals surface area contributed by atoms with Crippen LogP contribution in [0.1, 0.15) is 25.5 Å². The largest absolute Gasteiger partial charge is 0.317 e. The van der Waals surface area contributed by atoms with E-state index in [1.165, 1.54) is 12.1 Å². The average molecular weight is 294 g/mol. The molecule has 0 amide bonds. The molecule has 5 heteroatoms. The molecular formula is C15H17ClFN3. The van der Waals surface area contributed by atoms with Crippen molar-refractivity contribution in [1.82, 2.24) is 14.9 Å². The van der Waals surface area contributed by atoms with E-state index in [0.29, 0.717) is 5.02 Å². The van der Waals surface area contributed by atoms with Crippen LogP contribution in [-0.4, -0.2) is 22.6 Å². The Morgan fingerprint density at radius 3 is 2.75 bits per heavy atom. The number of nitrogens with one attached hydrogen (secondary N) is 1. The molecule has 1 N–H and O–H groups in total. The highest BCUT2D eigenvalue weighted by atomic mass is 35.5.